The SMILES string of the molecule is C#CCOc1ccc(C2(C(=O)O)CC2)cc1. The first kappa shape index (κ1) is 10.6. The maximum absolute atomic E-state index is 11.1. The van der Waals surface area contributed by atoms with Crippen LogP contribution in [0.5, 0.6) is 5.75 Å². The summed E-state index contributed by atoms with van der Waals surface area (Å²) in [7, 11) is 0. The zero-order chi connectivity index (χ0) is 11.6. The molecular formula is C13H12O3. The van der Waals surface area contributed by atoms with E-state index in [1.807, 2.05) is 0 Å². The Bertz CT molecular complexity index is 435. The van der Waals surface area contributed by atoms with Gasteiger partial charge in [-0.15, -0.1) is 6.42 Å². The lowest BCUT2D eigenvalue weighted by Crippen LogP contribution is -2.19. The van der Waals surface area contributed by atoms with Crippen molar-refractivity contribution in [2.45, 2.75) is 18.3 Å². The highest BCUT2D eigenvalue weighted by molar-refractivity contribution is 5.84. The molecule has 3 nitrogen and oxygen atoms in total. The number of ether oxygens (including phenoxy) is 1. The molecule has 1 saturated carbocycles. The molecular weight excluding hydrogens is 204 g/mol. The molecule has 1 aromatic carbocycles. The first-order valence-corrected chi connectivity index (χ1v) is 5.09. The summed E-state index contributed by atoms with van der Waals surface area (Å²) in [4.78, 5) is 11.1. The van der Waals surface area contributed by atoms with Gasteiger partial charge in [-0.1, -0.05) is 18.1 Å². The molecule has 1 aliphatic rings. The Labute approximate surface area is 94.0 Å². The standard InChI is InChI=1S/C13H12O3/c1-2-9-16-11-5-3-10(4-6-11)13(7-8-13)12(14)15/h1,3-6H,7-9H2,(H,14,15). The van der Waals surface area contributed by atoms with E-state index in [9.17, 15) is 4.79 Å². The van der Waals surface area contributed by atoms with Crippen molar-refractivity contribution >= 4 is 5.97 Å². The molecule has 0 unspecified atom stereocenters. The lowest BCUT2D eigenvalue weighted by atomic mass is 9.96. The van der Waals surface area contributed by atoms with Gasteiger partial charge >= 0.3 is 5.97 Å². The van der Waals surface area contributed by atoms with Gasteiger partial charge in [0.05, 0.1) is 5.41 Å². The second kappa shape index (κ2) is 3.90. The summed E-state index contributed by atoms with van der Waals surface area (Å²) < 4.78 is 5.22. The summed E-state index contributed by atoms with van der Waals surface area (Å²) in [6, 6.07) is 7.12. The van der Waals surface area contributed by atoms with Crippen molar-refractivity contribution in [1.29, 1.82) is 0 Å². The minimum absolute atomic E-state index is 0.226. The first-order valence-electron chi connectivity index (χ1n) is 5.09. The highest BCUT2D eigenvalue weighted by atomic mass is 16.5. The van der Waals surface area contributed by atoms with Crippen LogP contribution in [0.1, 0.15) is 18.4 Å². The summed E-state index contributed by atoms with van der Waals surface area (Å²) in [5.41, 5.74) is 0.193. The first-order chi connectivity index (χ1) is 7.69. The molecule has 0 amide bonds. The number of carboxylic acids is 1. The zero-order valence-corrected chi connectivity index (χ0v) is 8.77. The number of rotatable bonds is 4. The van der Waals surface area contributed by atoms with Crippen LogP contribution in [0, 0.1) is 12.3 Å². The predicted octanol–water partition coefficient (Wildman–Crippen LogP) is 1.81. The van der Waals surface area contributed by atoms with E-state index in [0.29, 0.717) is 18.6 Å². The van der Waals surface area contributed by atoms with Gasteiger partial charge < -0.3 is 9.84 Å². The fourth-order valence-corrected chi connectivity index (χ4v) is 1.75. The second-order valence-corrected chi connectivity index (χ2v) is 3.90. The molecule has 0 atom stereocenters. The quantitative estimate of drug-likeness (QED) is 0.781. The van der Waals surface area contributed by atoms with Crippen LogP contribution in [0.3, 0.4) is 0 Å². The van der Waals surface area contributed by atoms with Crippen LogP contribution >= 0.6 is 0 Å². The largest absolute Gasteiger partial charge is 0.481 e. The van der Waals surface area contributed by atoms with Crippen molar-refractivity contribution < 1.29 is 14.6 Å². The third-order valence-corrected chi connectivity index (χ3v) is 2.89. The van der Waals surface area contributed by atoms with Gasteiger partial charge in [0.25, 0.3) is 0 Å². The molecule has 1 aliphatic carbocycles. The number of carboxylic acid groups (broad SMARTS) is 1. The second-order valence-electron chi connectivity index (χ2n) is 3.90. The summed E-state index contributed by atoms with van der Waals surface area (Å²) in [5, 5.41) is 9.11. The van der Waals surface area contributed by atoms with Gasteiger partial charge in [-0.05, 0) is 30.5 Å². The van der Waals surface area contributed by atoms with Crippen molar-refractivity contribution in [3.05, 3.63) is 29.8 Å². The van der Waals surface area contributed by atoms with Gasteiger partial charge in [0.1, 0.15) is 12.4 Å². The van der Waals surface area contributed by atoms with Crippen LogP contribution < -0.4 is 4.74 Å². The molecule has 3 heteroatoms. The van der Waals surface area contributed by atoms with Gasteiger partial charge in [0, 0.05) is 0 Å². The Hall–Kier alpha value is -1.95. The number of aliphatic carboxylic acids is 1. The van der Waals surface area contributed by atoms with E-state index in [-0.39, 0.29) is 6.61 Å². The molecule has 0 aromatic heterocycles. The third kappa shape index (κ3) is 1.74. The lowest BCUT2D eigenvalue weighted by Gasteiger charge is -2.10. The monoisotopic (exact) mass is 216 g/mol. The summed E-state index contributed by atoms with van der Waals surface area (Å²) in [6.45, 7) is 0.226. The Morgan fingerprint density at radius 2 is 2.06 bits per heavy atom. The van der Waals surface area contributed by atoms with Crippen molar-refractivity contribution in [2.24, 2.45) is 0 Å². The molecule has 0 saturated heterocycles. The Kier molecular flexibility index (Phi) is 2.57. The fraction of sp³-hybridized carbons (Fsp3) is 0.308. The molecule has 1 fully saturated rings. The van der Waals surface area contributed by atoms with Gasteiger partial charge in [-0.3, -0.25) is 4.79 Å². The molecule has 82 valence electrons. The van der Waals surface area contributed by atoms with Crippen LogP contribution in [0.2, 0.25) is 0 Å². The van der Waals surface area contributed by atoms with E-state index >= 15 is 0 Å². The fourth-order valence-electron chi connectivity index (χ4n) is 1.75. The van der Waals surface area contributed by atoms with E-state index in [1.54, 1.807) is 24.3 Å². The number of terminal acetylenes is 1. The van der Waals surface area contributed by atoms with Crippen LogP contribution in [0.15, 0.2) is 24.3 Å². The Morgan fingerprint density at radius 3 is 2.50 bits per heavy atom. The van der Waals surface area contributed by atoms with E-state index in [1.165, 1.54) is 0 Å². The topological polar surface area (TPSA) is 46.5 Å². The van der Waals surface area contributed by atoms with Crippen LogP contribution in [0.4, 0.5) is 0 Å². The van der Waals surface area contributed by atoms with Crippen molar-refractivity contribution in [3.8, 4) is 18.1 Å². The summed E-state index contributed by atoms with van der Waals surface area (Å²) >= 11 is 0. The molecule has 0 radical (unpaired) electrons. The van der Waals surface area contributed by atoms with Gasteiger partial charge in [-0.2, -0.15) is 0 Å². The van der Waals surface area contributed by atoms with Gasteiger partial charge in [0.15, 0.2) is 0 Å². The molecule has 0 spiro atoms. The van der Waals surface area contributed by atoms with E-state index in [2.05, 4.69) is 5.92 Å². The highest BCUT2D eigenvalue weighted by Crippen LogP contribution is 2.48. The lowest BCUT2D eigenvalue weighted by molar-refractivity contribution is -0.140. The Balaban J connectivity index is 2.14. The van der Waals surface area contributed by atoms with Gasteiger partial charge in [-0.25, -0.2) is 0 Å². The highest BCUT2D eigenvalue weighted by Gasteiger charge is 2.51. The zero-order valence-electron chi connectivity index (χ0n) is 8.77. The molecule has 2 rings (SSSR count). The van der Waals surface area contributed by atoms with Crippen LogP contribution in [-0.4, -0.2) is 17.7 Å². The number of carbonyl (C=O) groups is 1. The smallest absolute Gasteiger partial charge is 0.314 e. The van der Waals surface area contributed by atoms with E-state index < -0.39 is 11.4 Å². The number of hydrogen-bond donors (Lipinski definition) is 1. The van der Waals surface area contributed by atoms with E-state index in [0.717, 1.165) is 5.56 Å². The van der Waals surface area contributed by atoms with Crippen molar-refractivity contribution in [2.75, 3.05) is 6.61 Å². The third-order valence-electron chi connectivity index (χ3n) is 2.89. The molecule has 0 heterocycles. The van der Waals surface area contributed by atoms with Crippen molar-refractivity contribution in [1.82, 2.24) is 0 Å². The molecule has 16 heavy (non-hydrogen) atoms. The summed E-state index contributed by atoms with van der Waals surface area (Å²) in [6.07, 6.45) is 6.50. The normalized spacial score (nSPS) is 16.2. The van der Waals surface area contributed by atoms with Gasteiger partial charge in [0.2, 0.25) is 0 Å². The van der Waals surface area contributed by atoms with E-state index in [4.69, 9.17) is 16.3 Å². The maximum atomic E-state index is 11.1. The average molecular weight is 216 g/mol. The summed E-state index contributed by atoms with van der Waals surface area (Å²) in [5.74, 6) is 2.30. The molecule has 0 aliphatic heterocycles. The molecule has 0 bridgehead atoms. The van der Waals surface area contributed by atoms with Crippen molar-refractivity contribution in [3.63, 3.8) is 0 Å². The average Bonchev–Trinajstić information content (AvgIpc) is 3.08. The molecule has 1 aromatic rings. The Morgan fingerprint density at radius 1 is 1.44 bits per heavy atom. The molecule has 1 N–H and O–H groups in total. The van der Waals surface area contributed by atoms with Crippen LogP contribution in [-0.2, 0) is 10.2 Å². The van der Waals surface area contributed by atoms with Crippen LogP contribution in [0.25, 0.3) is 0 Å². The number of hydrogen-bond acceptors (Lipinski definition) is 2. The predicted molar refractivity (Wildman–Crippen MR) is 59.3 cm³/mol. The minimum Gasteiger partial charge on any atom is -0.481 e. The maximum Gasteiger partial charge on any atom is 0.314 e. The minimum atomic E-state index is -0.746. The number of benzene rings is 1.